The van der Waals surface area contributed by atoms with E-state index in [-0.39, 0.29) is 29.4 Å². The van der Waals surface area contributed by atoms with Crippen LogP contribution in [0.1, 0.15) is 73.1 Å². The number of rotatable bonds is 5. The van der Waals surface area contributed by atoms with Gasteiger partial charge in [-0.15, -0.1) is 0 Å². The van der Waals surface area contributed by atoms with Crippen molar-refractivity contribution in [3.8, 4) is 0 Å². The average Bonchev–Trinajstić information content (AvgIpc) is 3.28. The first-order valence-corrected chi connectivity index (χ1v) is 12.0. The molecule has 2 aromatic carbocycles. The molecule has 1 saturated carbocycles. The molecular formula is C27H26F3N3O2. The van der Waals surface area contributed by atoms with Crippen molar-refractivity contribution in [2.24, 2.45) is 5.92 Å². The molecule has 5 nitrogen and oxygen atoms in total. The van der Waals surface area contributed by atoms with E-state index in [0.29, 0.717) is 17.7 Å². The number of nitrogens with one attached hydrogen (secondary N) is 1. The zero-order valence-corrected chi connectivity index (χ0v) is 19.6. The summed E-state index contributed by atoms with van der Waals surface area (Å²) in [5, 5.41) is 0.858. The Morgan fingerprint density at radius 3 is 2.63 bits per heavy atom. The summed E-state index contributed by atoms with van der Waals surface area (Å²) in [6.07, 6.45) is 5.48. The number of fused-ring (bicyclic) bond motifs is 2. The van der Waals surface area contributed by atoms with Gasteiger partial charge in [0.05, 0.1) is 17.6 Å². The van der Waals surface area contributed by atoms with Crippen molar-refractivity contribution in [1.82, 2.24) is 15.0 Å². The van der Waals surface area contributed by atoms with Gasteiger partial charge in [-0.25, -0.2) is 22.9 Å². The Labute approximate surface area is 200 Å². The van der Waals surface area contributed by atoms with Crippen LogP contribution < -0.4 is 0 Å². The third-order valence-electron chi connectivity index (χ3n) is 7.26. The maximum atomic E-state index is 15.0. The predicted molar refractivity (Wildman–Crippen MR) is 127 cm³/mol. The van der Waals surface area contributed by atoms with E-state index >= 15 is 0 Å². The van der Waals surface area contributed by atoms with Crippen LogP contribution in [0.2, 0.25) is 0 Å². The molecule has 182 valence electrons. The van der Waals surface area contributed by atoms with Crippen LogP contribution in [0, 0.1) is 23.4 Å². The molecule has 0 bridgehead atoms. The quantitative estimate of drug-likeness (QED) is 0.319. The zero-order valence-electron chi connectivity index (χ0n) is 19.6. The number of halogens is 3. The van der Waals surface area contributed by atoms with Crippen molar-refractivity contribution in [3.05, 3.63) is 70.9 Å². The molecule has 1 aliphatic carbocycles. The number of hydrogen-bond acceptors (Lipinski definition) is 4. The molecule has 35 heavy (non-hydrogen) atoms. The Morgan fingerprint density at radius 2 is 1.89 bits per heavy atom. The number of benzene rings is 2. The van der Waals surface area contributed by atoms with Crippen molar-refractivity contribution in [2.45, 2.75) is 51.4 Å². The number of esters is 1. The number of carbonyl (C=O) groups is 1. The first kappa shape index (κ1) is 23.3. The fraction of sp³-hybridized carbons (Fsp3) is 0.370. The van der Waals surface area contributed by atoms with E-state index in [9.17, 15) is 18.0 Å². The minimum atomic E-state index is -1.03. The van der Waals surface area contributed by atoms with Gasteiger partial charge in [0, 0.05) is 23.6 Å². The second-order valence-corrected chi connectivity index (χ2v) is 9.25. The summed E-state index contributed by atoms with van der Waals surface area (Å²) >= 11 is 0. The van der Waals surface area contributed by atoms with Crippen LogP contribution in [0.15, 0.2) is 36.5 Å². The van der Waals surface area contributed by atoms with E-state index in [1.807, 2.05) is 13.0 Å². The number of imidazole rings is 1. The maximum Gasteiger partial charge on any atom is 0.344 e. The molecule has 0 unspecified atom stereocenters. The number of H-pyrrole nitrogens is 1. The molecule has 1 aliphatic rings. The van der Waals surface area contributed by atoms with Gasteiger partial charge < -0.3 is 9.72 Å². The van der Waals surface area contributed by atoms with Gasteiger partial charge >= 0.3 is 5.97 Å². The largest absolute Gasteiger partial charge is 0.462 e. The van der Waals surface area contributed by atoms with E-state index in [0.717, 1.165) is 48.2 Å². The molecule has 1 atom stereocenters. The van der Waals surface area contributed by atoms with Crippen LogP contribution >= 0.6 is 0 Å². The summed E-state index contributed by atoms with van der Waals surface area (Å²) in [6.45, 7) is 3.63. The predicted octanol–water partition coefficient (Wildman–Crippen LogP) is 6.78. The fourth-order valence-corrected chi connectivity index (χ4v) is 5.35. The molecule has 4 aromatic rings. The van der Waals surface area contributed by atoms with Gasteiger partial charge in [0.15, 0.2) is 5.82 Å². The lowest BCUT2D eigenvalue weighted by atomic mass is 9.73. The highest BCUT2D eigenvalue weighted by Crippen LogP contribution is 2.43. The number of carbonyl (C=O) groups excluding carboxylic acids is 1. The SMILES string of the molecule is CCOC(=O)c1c(F)cc2nc([C@H](C)[C@H]3CC[C@@H](c4ccnc5ccc(F)cc54)CC3)[nH]c2c1F. The summed E-state index contributed by atoms with van der Waals surface area (Å²) in [4.78, 5) is 23.8. The van der Waals surface area contributed by atoms with Crippen LogP contribution in [0.4, 0.5) is 13.2 Å². The van der Waals surface area contributed by atoms with Crippen molar-refractivity contribution in [1.29, 1.82) is 0 Å². The van der Waals surface area contributed by atoms with Crippen LogP contribution in [0.3, 0.4) is 0 Å². The molecule has 0 amide bonds. The minimum Gasteiger partial charge on any atom is -0.462 e. The van der Waals surface area contributed by atoms with Crippen LogP contribution in [0.5, 0.6) is 0 Å². The molecule has 0 spiro atoms. The highest BCUT2D eigenvalue weighted by Gasteiger charge is 2.30. The summed E-state index contributed by atoms with van der Waals surface area (Å²) < 4.78 is 48.1. The topological polar surface area (TPSA) is 67.9 Å². The Hall–Kier alpha value is -3.42. The Bertz CT molecular complexity index is 1410. The van der Waals surface area contributed by atoms with Gasteiger partial charge in [-0.3, -0.25) is 4.98 Å². The number of pyridine rings is 1. The van der Waals surface area contributed by atoms with Crippen molar-refractivity contribution >= 4 is 27.9 Å². The number of nitrogens with zero attached hydrogens (tertiary/aromatic N) is 2. The summed E-state index contributed by atoms with van der Waals surface area (Å²) in [7, 11) is 0. The molecule has 5 rings (SSSR count). The summed E-state index contributed by atoms with van der Waals surface area (Å²) in [5.41, 5.74) is 1.36. The van der Waals surface area contributed by atoms with Gasteiger partial charge in [-0.05, 0) is 74.3 Å². The van der Waals surface area contributed by atoms with E-state index in [1.165, 1.54) is 6.07 Å². The monoisotopic (exact) mass is 481 g/mol. The highest BCUT2D eigenvalue weighted by molar-refractivity contribution is 5.94. The first-order valence-electron chi connectivity index (χ1n) is 12.0. The third-order valence-corrected chi connectivity index (χ3v) is 7.26. The first-order chi connectivity index (χ1) is 16.9. The molecule has 0 radical (unpaired) electrons. The minimum absolute atomic E-state index is 0.00951. The Balaban J connectivity index is 1.35. The standard InChI is InChI=1S/C27H26F3N3O2/c1-3-35-27(34)23-20(29)13-22-25(24(23)30)33-26(32-22)14(2)15-4-6-16(7-5-15)18-10-11-31-21-9-8-17(28)12-19(18)21/h8-16H,3-7H2,1-2H3,(H,32,33)/t14-,15-,16+/m1/s1. The molecule has 1 fully saturated rings. The normalized spacial score (nSPS) is 19.2. The highest BCUT2D eigenvalue weighted by atomic mass is 19.1. The summed E-state index contributed by atoms with van der Waals surface area (Å²) in [6, 6.07) is 7.74. The molecule has 0 aliphatic heterocycles. The molecule has 2 aromatic heterocycles. The van der Waals surface area contributed by atoms with Gasteiger partial charge in [-0.2, -0.15) is 0 Å². The van der Waals surface area contributed by atoms with Gasteiger partial charge in [-0.1, -0.05) is 6.92 Å². The van der Waals surface area contributed by atoms with Crippen LogP contribution in [-0.4, -0.2) is 27.5 Å². The second kappa shape index (κ2) is 9.32. The van der Waals surface area contributed by atoms with Crippen molar-refractivity contribution in [3.63, 3.8) is 0 Å². The molecular weight excluding hydrogens is 455 g/mol. The van der Waals surface area contributed by atoms with Gasteiger partial charge in [0.25, 0.3) is 0 Å². The van der Waals surface area contributed by atoms with Gasteiger partial charge in [0.2, 0.25) is 0 Å². The van der Waals surface area contributed by atoms with E-state index < -0.39 is 23.2 Å². The fourth-order valence-electron chi connectivity index (χ4n) is 5.35. The lowest BCUT2D eigenvalue weighted by Gasteiger charge is -2.32. The van der Waals surface area contributed by atoms with Crippen molar-refractivity contribution < 1.29 is 22.7 Å². The van der Waals surface area contributed by atoms with Crippen LogP contribution in [-0.2, 0) is 4.74 Å². The average molecular weight is 482 g/mol. The third kappa shape index (κ3) is 4.26. The number of hydrogen-bond donors (Lipinski definition) is 1. The van der Waals surface area contributed by atoms with Crippen LogP contribution in [0.25, 0.3) is 21.9 Å². The number of aromatic nitrogens is 3. The molecule has 0 saturated heterocycles. The van der Waals surface area contributed by atoms with E-state index in [2.05, 4.69) is 15.0 Å². The molecule has 2 heterocycles. The Kier molecular flexibility index (Phi) is 6.21. The summed E-state index contributed by atoms with van der Waals surface area (Å²) in [5.74, 6) is -2.10. The van der Waals surface area contributed by atoms with E-state index in [1.54, 1.807) is 25.3 Å². The second-order valence-electron chi connectivity index (χ2n) is 9.25. The van der Waals surface area contributed by atoms with Crippen molar-refractivity contribution in [2.75, 3.05) is 6.61 Å². The lowest BCUT2D eigenvalue weighted by molar-refractivity contribution is 0.0515. The number of ether oxygens (including phenoxy) is 1. The number of aromatic amines is 1. The van der Waals surface area contributed by atoms with Gasteiger partial charge in [0.1, 0.15) is 28.5 Å². The maximum absolute atomic E-state index is 15.0. The lowest BCUT2D eigenvalue weighted by Crippen LogP contribution is -2.19. The molecule has 8 heteroatoms. The van der Waals surface area contributed by atoms with E-state index in [4.69, 9.17) is 4.74 Å². The zero-order chi connectivity index (χ0) is 24.7. The molecule has 1 N–H and O–H groups in total. The smallest absolute Gasteiger partial charge is 0.344 e. The Morgan fingerprint density at radius 1 is 1.11 bits per heavy atom.